The lowest BCUT2D eigenvalue weighted by atomic mass is 10.2. The van der Waals surface area contributed by atoms with Crippen LogP contribution in [-0.4, -0.2) is 9.97 Å². The first-order valence-corrected chi connectivity index (χ1v) is 5.21. The standard InChI is InChI=1S/C9H6Cl3N3/c10-9(11,12)8-14-6-4-2-1-3-5(6)7(13)15-8/h1-4H,(H2,13,14,15). The third kappa shape index (κ3) is 2.09. The predicted octanol–water partition coefficient (Wildman–Crippen LogP) is 3.04. The maximum atomic E-state index is 5.73. The molecule has 0 atom stereocenters. The summed E-state index contributed by atoms with van der Waals surface area (Å²) in [6.45, 7) is 0. The molecule has 0 spiro atoms. The van der Waals surface area contributed by atoms with Crippen molar-refractivity contribution in [2.45, 2.75) is 3.79 Å². The van der Waals surface area contributed by atoms with Crippen LogP contribution in [0.5, 0.6) is 0 Å². The second-order valence-electron chi connectivity index (χ2n) is 2.95. The van der Waals surface area contributed by atoms with Crippen LogP contribution in [0.4, 0.5) is 5.82 Å². The number of hydrogen-bond donors (Lipinski definition) is 1. The molecule has 0 aliphatic rings. The number of nitrogens with two attached hydrogens (primary N) is 1. The van der Waals surface area contributed by atoms with E-state index in [0.29, 0.717) is 11.3 Å². The quantitative estimate of drug-likeness (QED) is 0.743. The molecule has 2 aromatic rings. The number of para-hydroxylation sites is 1. The number of rotatable bonds is 0. The summed E-state index contributed by atoms with van der Waals surface area (Å²) in [4.78, 5) is 8.06. The van der Waals surface area contributed by atoms with Gasteiger partial charge in [-0.15, -0.1) is 0 Å². The van der Waals surface area contributed by atoms with E-state index in [1.165, 1.54) is 0 Å². The monoisotopic (exact) mass is 261 g/mol. The number of hydrogen-bond acceptors (Lipinski definition) is 3. The third-order valence-electron chi connectivity index (χ3n) is 1.89. The maximum absolute atomic E-state index is 5.73. The van der Waals surface area contributed by atoms with Gasteiger partial charge < -0.3 is 5.73 Å². The molecule has 0 amide bonds. The van der Waals surface area contributed by atoms with Crippen LogP contribution < -0.4 is 5.73 Å². The van der Waals surface area contributed by atoms with Crippen molar-refractivity contribution in [2.24, 2.45) is 0 Å². The highest BCUT2D eigenvalue weighted by Crippen LogP contribution is 2.37. The van der Waals surface area contributed by atoms with Crippen molar-refractivity contribution in [3.8, 4) is 0 Å². The molecular formula is C9H6Cl3N3. The molecule has 2 N–H and O–H groups in total. The van der Waals surface area contributed by atoms with E-state index in [1.807, 2.05) is 18.2 Å². The average Bonchev–Trinajstić information content (AvgIpc) is 2.16. The molecule has 15 heavy (non-hydrogen) atoms. The largest absolute Gasteiger partial charge is 0.383 e. The minimum absolute atomic E-state index is 0.0868. The number of anilines is 1. The number of nitrogens with zero attached hydrogens (tertiary/aromatic N) is 2. The van der Waals surface area contributed by atoms with E-state index in [1.54, 1.807) is 6.07 Å². The minimum atomic E-state index is -1.65. The van der Waals surface area contributed by atoms with Gasteiger partial charge in [-0.05, 0) is 12.1 Å². The zero-order chi connectivity index (χ0) is 11.1. The van der Waals surface area contributed by atoms with Crippen molar-refractivity contribution < 1.29 is 0 Å². The Labute approximate surface area is 101 Å². The first-order chi connectivity index (χ1) is 6.98. The third-order valence-corrected chi connectivity index (χ3v) is 2.39. The number of aromatic nitrogens is 2. The van der Waals surface area contributed by atoms with Crippen molar-refractivity contribution in [3.63, 3.8) is 0 Å². The summed E-state index contributed by atoms with van der Waals surface area (Å²) >= 11 is 17.0. The summed E-state index contributed by atoms with van der Waals surface area (Å²) in [6, 6.07) is 7.27. The molecule has 0 aliphatic heterocycles. The van der Waals surface area contributed by atoms with Gasteiger partial charge in [0.1, 0.15) is 5.82 Å². The number of nitrogen functional groups attached to an aromatic ring is 1. The summed E-state index contributed by atoms with van der Waals surface area (Å²) in [5.41, 5.74) is 6.39. The lowest BCUT2D eigenvalue weighted by Gasteiger charge is -2.10. The fraction of sp³-hybridized carbons (Fsp3) is 0.111. The van der Waals surface area contributed by atoms with Crippen molar-refractivity contribution in [3.05, 3.63) is 30.1 Å². The summed E-state index contributed by atoms with van der Waals surface area (Å²) in [7, 11) is 0. The lowest BCUT2D eigenvalue weighted by Crippen LogP contribution is -2.09. The highest BCUT2D eigenvalue weighted by molar-refractivity contribution is 6.66. The zero-order valence-corrected chi connectivity index (χ0v) is 9.68. The van der Waals surface area contributed by atoms with Gasteiger partial charge in [-0.2, -0.15) is 0 Å². The van der Waals surface area contributed by atoms with Crippen molar-refractivity contribution >= 4 is 51.5 Å². The topological polar surface area (TPSA) is 51.8 Å². The Morgan fingerprint density at radius 2 is 1.73 bits per heavy atom. The second kappa shape index (κ2) is 3.67. The van der Waals surface area contributed by atoms with E-state index in [0.717, 1.165) is 5.39 Å². The highest BCUT2D eigenvalue weighted by atomic mass is 35.6. The first-order valence-electron chi connectivity index (χ1n) is 4.08. The Balaban J connectivity index is 2.73. The van der Waals surface area contributed by atoms with Crippen LogP contribution in [0, 0.1) is 0 Å². The molecular weight excluding hydrogens is 256 g/mol. The second-order valence-corrected chi connectivity index (χ2v) is 5.23. The Bertz CT molecular complexity index is 507. The zero-order valence-electron chi connectivity index (χ0n) is 7.42. The first kappa shape index (κ1) is 10.7. The van der Waals surface area contributed by atoms with Crippen molar-refractivity contribution in [1.82, 2.24) is 9.97 Å². The molecule has 0 fully saturated rings. The Morgan fingerprint density at radius 3 is 2.40 bits per heavy atom. The number of alkyl halides is 3. The lowest BCUT2D eigenvalue weighted by molar-refractivity contribution is 1.00. The van der Waals surface area contributed by atoms with Crippen molar-refractivity contribution in [1.29, 1.82) is 0 Å². The van der Waals surface area contributed by atoms with Crippen LogP contribution in [-0.2, 0) is 3.79 Å². The van der Waals surface area contributed by atoms with Crippen molar-refractivity contribution in [2.75, 3.05) is 5.73 Å². The van der Waals surface area contributed by atoms with E-state index in [9.17, 15) is 0 Å². The molecule has 0 saturated carbocycles. The van der Waals surface area contributed by atoms with Gasteiger partial charge in [-0.3, -0.25) is 0 Å². The smallest absolute Gasteiger partial charge is 0.250 e. The molecule has 0 bridgehead atoms. The molecule has 1 aromatic heterocycles. The van der Waals surface area contributed by atoms with Gasteiger partial charge in [-0.1, -0.05) is 46.9 Å². The summed E-state index contributed by atoms with van der Waals surface area (Å²) in [5.74, 6) is 0.394. The molecule has 0 unspecified atom stereocenters. The number of benzene rings is 1. The van der Waals surface area contributed by atoms with Gasteiger partial charge in [0.15, 0.2) is 5.82 Å². The maximum Gasteiger partial charge on any atom is 0.250 e. The minimum Gasteiger partial charge on any atom is -0.383 e. The normalized spacial score (nSPS) is 11.9. The van der Waals surface area contributed by atoms with Crippen LogP contribution in [0.15, 0.2) is 24.3 Å². The number of fused-ring (bicyclic) bond motifs is 1. The average molecular weight is 263 g/mol. The Hall–Kier alpha value is -0.770. The van der Waals surface area contributed by atoms with Crippen LogP contribution in [0.3, 0.4) is 0 Å². The van der Waals surface area contributed by atoms with Gasteiger partial charge in [0, 0.05) is 5.39 Å². The van der Waals surface area contributed by atoms with Gasteiger partial charge in [-0.25, -0.2) is 9.97 Å². The summed E-state index contributed by atoms with van der Waals surface area (Å²) in [5, 5.41) is 0.746. The van der Waals surface area contributed by atoms with Gasteiger partial charge >= 0.3 is 0 Å². The van der Waals surface area contributed by atoms with E-state index >= 15 is 0 Å². The predicted molar refractivity (Wildman–Crippen MR) is 63.2 cm³/mol. The highest BCUT2D eigenvalue weighted by Gasteiger charge is 2.27. The summed E-state index contributed by atoms with van der Waals surface area (Å²) < 4.78 is -1.65. The molecule has 0 aliphatic carbocycles. The van der Waals surface area contributed by atoms with Crippen LogP contribution in [0.25, 0.3) is 10.9 Å². The molecule has 3 nitrogen and oxygen atoms in total. The molecule has 1 heterocycles. The Morgan fingerprint density at radius 1 is 1.07 bits per heavy atom. The number of halogens is 3. The molecule has 78 valence electrons. The van der Waals surface area contributed by atoms with E-state index in [4.69, 9.17) is 40.5 Å². The Kier molecular flexibility index (Phi) is 2.63. The van der Waals surface area contributed by atoms with Gasteiger partial charge in [0.25, 0.3) is 0 Å². The SMILES string of the molecule is Nc1nc(C(Cl)(Cl)Cl)nc2ccccc12. The molecule has 6 heteroatoms. The fourth-order valence-electron chi connectivity index (χ4n) is 1.23. The van der Waals surface area contributed by atoms with E-state index in [-0.39, 0.29) is 5.82 Å². The fourth-order valence-corrected chi connectivity index (χ4v) is 1.48. The molecule has 0 radical (unpaired) electrons. The molecule has 1 aromatic carbocycles. The van der Waals surface area contributed by atoms with E-state index in [2.05, 4.69) is 9.97 Å². The molecule has 2 rings (SSSR count). The van der Waals surface area contributed by atoms with Gasteiger partial charge in [0.2, 0.25) is 3.79 Å². The van der Waals surface area contributed by atoms with Crippen LogP contribution in [0.2, 0.25) is 0 Å². The van der Waals surface area contributed by atoms with Crippen LogP contribution >= 0.6 is 34.8 Å². The van der Waals surface area contributed by atoms with E-state index < -0.39 is 3.79 Å². The van der Waals surface area contributed by atoms with Gasteiger partial charge in [0.05, 0.1) is 5.52 Å². The molecule has 0 saturated heterocycles. The summed E-state index contributed by atoms with van der Waals surface area (Å²) in [6.07, 6.45) is 0. The van der Waals surface area contributed by atoms with Crippen LogP contribution in [0.1, 0.15) is 5.82 Å².